The highest BCUT2D eigenvalue weighted by molar-refractivity contribution is 6.07. The Labute approximate surface area is 103 Å². The number of imide groups is 1. The molecule has 0 aromatic heterocycles. The number of carbonyl (C=O) groups excluding carboxylic acids is 3. The number of likely N-dealkylation sites (N-methyl/N-ethyl adjacent to an activating group) is 1. The summed E-state index contributed by atoms with van der Waals surface area (Å²) in [5.74, 6) is -1.42. The lowest BCUT2D eigenvalue weighted by molar-refractivity contribution is -0.125. The van der Waals surface area contributed by atoms with E-state index in [9.17, 15) is 18.8 Å². The summed E-state index contributed by atoms with van der Waals surface area (Å²) in [5.41, 5.74) is 0.144. The van der Waals surface area contributed by atoms with Crippen molar-refractivity contribution in [2.75, 3.05) is 20.1 Å². The maximum Gasteiger partial charge on any atom is 0.327 e. The first-order valence-electron chi connectivity index (χ1n) is 5.33. The first-order valence-corrected chi connectivity index (χ1v) is 5.33. The molecule has 0 aliphatic carbocycles. The third-order valence-corrected chi connectivity index (χ3v) is 2.68. The summed E-state index contributed by atoms with van der Waals surface area (Å²) < 4.78 is 12.9. The van der Waals surface area contributed by atoms with Crippen LogP contribution in [0.5, 0.6) is 0 Å². The number of hydrogen-bond acceptors (Lipinski definition) is 3. The molecule has 1 aromatic carbocycles. The van der Waals surface area contributed by atoms with Crippen LogP contribution in [0.25, 0.3) is 0 Å². The van der Waals surface area contributed by atoms with Gasteiger partial charge in [-0.15, -0.1) is 0 Å². The number of urea groups is 1. The standard InChI is InChI=1S/C12H11FN2O3/c1-14-7-11(17)15(12(14)18)6-10(16)8-3-2-4-9(13)5-8/h2-5H,6-7H2,1H3. The van der Waals surface area contributed by atoms with Crippen molar-refractivity contribution in [3.05, 3.63) is 35.6 Å². The molecule has 0 atom stereocenters. The van der Waals surface area contributed by atoms with Crippen molar-refractivity contribution in [2.45, 2.75) is 0 Å². The van der Waals surface area contributed by atoms with E-state index in [1.165, 1.54) is 30.1 Å². The second kappa shape index (κ2) is 4.56. The summed E-state index contributed by atoms with van der Waals surface area (Å²) in [6.07, 6.45) is 0. The maximum absolute atomic E-state index is 12.9. The summed E-state index contributed by atoms with van der Waals surface area (Å²) in [6, 6.07) is 4.64. The number of ketones is 1. The molecule has 0 saturated carbocycles. The van der Waals surface area contributed by atoms with Gasteiger partial charge in [-0.3, -0.25) is 14.5 Å². The average Bonchev–Trinajstić information content (AvgIpc) is 2.56. The van der Waals surface area contributed by atoms with Crippen LogP contribution in [0.4, 0.5) is 9.18 Å². The zero-order valence-electron chi connectivity index (χ0n) is 9.72. The lowest BCUT2D eigenvalue weighted by Gasteiger charge is -2.13. The molecule has 1 aliphatic rings. The third kappa shape index (κ3) is 2.22. The molecule has 3 amide bonds. The molecule has 0 radical (unpaired) electrons. The summed E-state index contributed by atoms with van der Waals surface area (Å²) in [6.45, 7) is -0.388. The summed E-state index contributed by atoms with van der Waals surface area (Å²) >= 11 is 0. The van der Waals surface area contributed by atoms with Crippen LogP contribution in [-0.2, 0) is 4.79 Å². The Kier molecular flexibility index (Phi) is 3.10. The van der Waals surface area contributed by atoms with E-state index in [0.717, 1.165) is 11.0 Å². The van der Waals surface area contributed by atoms with Gasteiger partial charge in [-0.25, -0.2) is 9.18 Å². The van der Waals surface area contributed by atoms with Gasteiger partial charge in [0.1, 0.15) is 12.4 Å². The van der Waals surface area contributed by atoms with Gasteiger partial charge in [0.05, 0.1) is 6.54 Å². The van der Waals surface area contributed by atoms with Crippen molar-refractivity contribution < 1.29 is 18.8 Å². The normalized spacial score (nSPS) is 15.4. The monoisotopic (exact) mass is 250 g/mol. The van der Waals surface area contributed by atoms with Gasteiger partial charge in [-0.1, -0.05) is 12.1 Å². The van der Waals surface area contributed by atoms with Gasteiger partial charge >= 0.3 is 6.03 Å². The van der Waals surface area contributed by atoms with E-state index in [0.29, 0.717) is 0 Å². The van der Waals surface area contributed by atoms with Crippen LogP contribution in [0.1, 0.15) is 10.4 Å². The van der Waals surface area contributed by atoms with Crippen molar-refractivity contribution in [1.82, 2.24) is 9.80 Å². The zero-order valence-corrected chi connectivity index (χ0v) is 9.72. The van der Waals surface area contributed by atoms with E-state index in [4.69, 9.17) is 0 Å². The van der Waals surface area contributed by atoms with Gasteiger partial charge in [0.2, 0.25) is 0 Å². The minimum Gasteiger partial charge on any atom is -0.318 e. The number of Topliss-reactive ketones (excluding diaryl/α,β-unsaturated/α-hetero) is 1. The second-order valence-corrected chi connectivity index (χ2v) is 4.05. The van der Waals surface area contributed by atoms with Crippen LogP contribution in [0.2, 0.25) is 0 Å². The second-order valence-electron chi connectivity index (χ2n) is 4.05. The molecule has 1 aliphatic heterocycles. The minimum absolute atomic E-state index is 0.0325. The van der Waals surface area contributed by atoms with E-state index < -0.39 is 23.5 Å². The molecular formula is C12H11FN2O3. The molecule has 1 saturated heterocycles. The molecule has 1 heterocycles. The summed E-state index contributed by atoms with van der Waals surface area (Å²) in [7, 11) is 1.48. The van der Waals surface area contributed by atoms with Crippen molar-refractivity contribution in [3.8, 4) is 0 Å². The first kappa shape index (κ1) is 12.2. The van der Waals surface area contributed by atoms with Gasteiger partial charge in [-0.2, -0.15) is 0 Å². The zero-order chi connectivity index (χ0) is 13.3. The van der Waals surface area contributed by atoms with Crippen LogP contribution >= 0.6 is 0 Å². The average molecular weight is 250 g/mol. The Hall–Kier alpha value is -2.24. The van der Waals surface area contributed by atoms with Crippen molar-refractivity contribution in [3.63, 3.8) is 0 Å². The third-order valence-electron chi connectivity index (χ3n) is 2.68. The Morgan fingerprint density at radius 3 is 2.67 bits per heavy atom. The number of rotatable bonds is 3. The molecular weight excluding hydrogens is 239 g/mol. The fraction of sp³-hybridized carbons (Fsp3) is 0.250. The molecule has 2 rings (SSSR count). The molecule has 5 nitrogen and oxygen atoms in total. The van der Waals surface area contributed by atoms with E-state index in [-0.39, 0.29) is 18.7 Å². The topological polar surface area (TPSA) is 57.7 Å². The Morgan fingerprint density at radius 2 is 2.11 bits per heavy atom. The lowest BCUT2D eigenvalue weighted by atomic mass is 10.1. The quantitative estimate of drug-likeness (QED) is 0.591. The number of carbonyl (C=O) groups is 3. The van der Waals surface area contributed by atoms with Crippen molar-refractivity contribution in [2.24, 2.45) is 0 Å². The highest BCUT2D eigenvalue weighted by atomic mass is 19.1. The van der Waals surface area contributed by atoms with Crippen LogP contribution in [0.15, 0.2) is 24.3 Å². The maximum atomic E-state index is 12.9. The highest BCUT2D eigenvalue weighted by Crippen LogP contribution is 2.11. The number of benzene rings is 1. The molecule has 0 spiro atoms. The van der Waals surface area contributed by atoms with Crippen LogP contribution in [-0.4, -0.2) is 47.7 Å². The molecule has 1 fully saturated rings. The molecule has 1 aromatic rings. The van der Waals surface area contributed by atoms with Gasteiger partial charge in [-0.05, 0) is 12.1 Å². The Morgan fingerprint density at radius 1 is 1.39 bits per heavy atom. The Bertz CT molecular complexity index is 530. The van der Waals surface area contributed by atoms with Crippen LogP contribution in [0.3, 0.4) is 0 Å². The highest BCUT2D eigenvalue weighted by Gasteiger charge is 2.34. The number of amides is 3. The number of nitrogens with zero attached hydrogens (tertiary/aromatic N) is 2. The van der Waals surface area contributed by atoms with Crippen LogP contribution < -0.4 is 0 Å². The molecule has 0 bridgehead atoms. The fourth-order valence-electron chi connectivity index (χ4n) is 1.72. The fourth-order valence-corrected chi connectivity index (χ4v) is 1.72. The van der Waals surface area contributed by atoms with E-state index in [1.807, 2.05) is 0 Å². The van der Waals surface area contributed by atoms with Crippen molar-refractivity contribution in [1.29, 1.82) is 0 Å². The van der Waals surface area contributed by atoms with Gasteiger partial charge in [0.15, 0.2) is 5.78 Å². The van der Waals surface area contributed by atoms with E-state index in [1.54, 1.807) is 0 Å². The summed E-state index contributed by atoms with van der Waals surface area (Å²) in [4.78, 5) is 36.9. The molecule has 94 valence electrons. The Balaban J connectivity index is 2.13. The van der Waals surface area contributed by atoms with E-state index >= 15 is 0 Å². The SMILES string of the molecule is CN1CC(=O)N(CC(=O)c2cccc(F)c2)C1=O. The molecule has 0 N–H and O–H groups in total. The summed E-state index contributed by atoms with van der Waals surface area (Å²) in [5, 5.41) is 0. The predicted octanol–water partition coefficient (Wildman–Crippen LogP) is 0.902. The van der Waals surface area contributed by atoms with E-state index in [2.05, 4.69) is 0 Å². The van der Waals surface area contributed by atoms with Gasteiger partial charge in [0, 0.05) is 12.6 Å². The smallest absolute Gasteiger partial charge is 0.318 e. The number of hydrogen-bond donors (Lipinski definition) is 0. The van der Waals surface area contributed by atoms with Gasteiger partial charge < -0.3 is 4.90 Å². The molecule has 6 heteroatoms. The lowest BCUT2D eigenvalue weighted by Crippen LogP contribution is -2.36. The van der Waals surface area contributed by atoms with Crippen molar-refractivity contribution >= 4 is 17.7 Å². The van der Waals surface area contributed by atoms with Crippen LogP contribution in [0, 0.1) is 5.82 Å². The minimum atomic E-state index is -0.531. The van der Waals surface area contributed by atoms with Gasteiger partial charge in [0.25, 0.3) is 5.91 Å². The molecule has 0 unspecified atom stereocenters. The first-order chi connectivity index (χ1) is 8.49. The molecule has 18 heavy (non-hydrogen) atoms. The predicted molar refractivity (Wildman–Crippen MR) is 60.5 cm³/mol. The largest absolute Gasteiger partial charge is 0.327 e. The number of halogens is 1.